The summed E-state index contributed by atoms with van der Waals surface area (Å²) in [4.78, 5) is 10.4. The number of carbonyl (C=O) groups excluding carboxylic acids is 1. The van der Waals surface area contributed by atoms with Gasteiger partial charge < -0.3 is 0 Å². The molecule has 0 bridgehead atoms. The zero-order chi connectivity index (χ0) is 6.15. The normalized spacial score (nSPS) is 27.4. The summed E-state index contributed by atoms with van der Waals surface area (Å²) in [6.07, 6.45) is 2.35. The first-order chi connectivity index (χ1) is 3.75. The molecule has 1 fully saturated rings. The van der Waals surface area contributed by atoms with Crippen molar-refractivity contribution in [2.75, 3.05) is 0 Å². The van der Waals surface area contributed by atoms with Crippen molar-refractivity contribution in [3.63, 3.8) is 0 Å². The molecule has 2 nitrogen and oxygen atoms in total. The van der Waals surface area contributed by atoms with Crippen molar-refractivity contribution < 1.29 is 4.79 Å². The number of β-lactam (4-membered cyclic amide) rings is 1. The van der Waals surface area contributed by atoms with E-state index < -0.39 is 0 Å². The van der Waals surface area contributed by atoms with Crippen LogP contribution in [0.4, 0.5) is 0 Å². The van der Waals surface area contributed by atoms with Gasteiger partial charge in [-0.1, -0.05) is 6.08 Å². The van der Waals surface area contributed by atoms with Gasteiger partial charge in [-0.15, -0.1) is 6.58 Å². The van der Waals surface area contributed by atoms with E-state index in [0.29, 0.717) is 6.42 Å². The maximum absolute atomic E-state index is 10.4. The Morgan fingerprint density at radius 3 is 2.75 bits per heavy atom. The van der Waals surface area contributed by atoms with E-state index in [-0.39, 0.29) is 11.9 Å². The topological polar surface area (TPSA) is 20.3 Å². The van der Waals surface area contributed by atoms with Gasteiger partial charge in [0.1, 0.15) is 0 Å². The van der Waals surface area contributed by atoms with Crippen molar-refractivity contribution in [3.05, 3.63) is 12.7 Å². The first kappa shape index (κ1) is 5.82. The van der Waals surface area contributed by atoms with E-state index in [2.05, 4.69) is 22.7 Å². The fraction of sp³-hybridized carbons (Fsp3) is 0.400. The zero-order valence-corrected chi connectivity index (χ0v) is 5.89. The van der Waals surface area contributed by atoms with E-state index in [1.807, 2.05) is 0 Å². The second-order valence-corrected chi connectivity index (χ2v) is 2.48. The molecule has 0 aromatic carbocycles. The highest BCUT2D eigenvalue weighted by atomic mass is 79.9. The van der Waals surface area contributed by atoms with E-state index >= 15 is 0 Å². The van der Waals surface area contributed by atoms with E-state index in [4.69, 9.17) is 0 Å². The summed E-state index contributed by atoms with van der Waals surface area (Å²) in [5.41, 5.74) is 0. The average Bonchev–Trinajstić information content (AvgIpc) is 1.81. The van der Waals surface area contributed by atoms with Gasteiger partial charge in [0.2, 0.25) is 5.91 Å². The highest BCUT2D eigenvalue weighted by Gasteiger charge is 2.31. The van der Waals surface area contributed by atoms with Gasteiger partial charge in [-0.25, -0.2) is 0 Å². The molecule has 1 aliphatic heterocycles. The first-order valence-electron chi connectivity index (χ1n) is 2.36. The summed E-state index contributed by atoms with van der Waals surface area (Å²) in [7, 11) is 0. The molecule has 0 aromatic rings. The molecule has 3 heteroatoms. The van der Waals surface area contributed by atoms with Crippen LogP contribution >= 0.6 is 16.1 Å². The molecule has 1 saturated heterocycles. The van der Waals surface area contributed by atoms with Crippen LogP contribution in [-0.4, -0.2) is 15.9 Å². The number of rotatable bonds is 1. The predicted octanol–water partition coefficient (Wildman–Crippen LogP) is 1.08. The predicted molar refractivity (Wildman–Crippen MR) is 34.4 cm³/mol. The fourth-order valence-electron chi connectivity index (χ4n) is 0.595. The van der Waals surface area contributed by atoms with Crippen molar-refractivity contribution >= 4 is 22.1 Å². The SMILES string of the molecule is C=CC1CC(=O)N1Br. The molecule has 0 radical (unpaired) electrons. The van der Waals surface area contributed by atoms with Crippen LogP contribution in [0.5, 0.6) is 0 Å². The molecule has 1 rings (SSSR count). The lowest BCUT2D eigenvalue weighted by Crippen LogP contribution is -2.44. The second kappa shape index (κ2) is 1.90. The smallest absolute Gasteiger partial charge is 0.235 e. The Labute approximate surface area is 56.5 Å². The van der Waals surface area contributed by atoms with Gasteiger partial charge in [-0.2, -0.15) is 0 Å². The van der Waals surface area contributed by atoms with Gasteiger partial charge in [0.25, 0.3) is 0 Å². The van der Waals surface area contributed by atoms with Gasteiger partial charge in [0.05, 0.1) is 28.6 Å². The minimum absolute atomic E-state index is 0.134. The Morgan fingerprint density at radius 1 is 2.00 bits per heavy atom. The van der Waals surface area contributed by atoms with Crippen LogP contribution in [0.15, 0.2) is 12.7 Å². The van der Waals surface area contributed by atoms with Crippen LogP contribution in [0.3, 0.4) is 0 Å². The maximum Gasteiger partial charge on any atom is 0.235 e. The van der Waals surface area contributed by atoms with Crippen LogP contribution in [0.1, 0.15) is 6.42 Å². The fourth-order valence-corrected chi connectivity index (χ4v) is 1.05. The quantitative estimate of drug-likeness (QED) is 0.332. The van der Waals surface area contributed by atoms with Crippen molar-refractivity contribution in [2.24, 2.45) is 0 Å². The van der Waals surface area contributed by atoms with Crippen LogP contribution < -0.4 is 0 Å². The monoisotopic (exact) mass is 175 g/mol. The Hall–Kier alpha value is -0.310. The third-order valence-electron chi connectivity index (χ3n) is 1.19. The molecule has 0 spiro atoms. The zero-order valence-electron chi connectivity index (χ0n) is 4.30. The maximum atomic E-state index is 10.4. The van der Waals surface area contributed by atoms with E-state index in [1.54, 1.807) is 6.08 Å². The summed E-state index contributed by atoms with van der Waals surface area (Å²) in [6.45, 7) is 3.54. The largest absolute Gasteiger partial charge is 0.274 e. The third-order valence-corrected chi connectivity index (χ3v) is 2.11. The number of carbonyl (C=O) groups is 1. The average molecular weight is 176 g/mol. The third kappa shape index (κ3) is 0.668. The molecule has 0 N–H and O–H groups in total. The van der Waals surface area contributed by atoms with Gasteiger partial charge in [0, 0.05) is 0 Å². The number of halogens is 1. The molecular formula is C5H6BrNO. The molecule has 44 valence electrons. The van der Waals surface area contributed by atoms with Crippen molar-refractivity contribution in [1.82, 2.24) is 3.93 Å². The summed E-state index contributed by atoms with van der Waals surface area (Å²) in [6, 6.07) is 0.225. The molecule has 0 aromatic heterocycles. The molecule has 0 saturated carbocycles. The molecule has 1 heterocycles. The minimum atomic E-state index is 0.134. The molecule has 1 unspecified atom stereocenters. The summed E-state index contributed by atoms with van der Waals surface area (Å²) < 4.78 is 1.50. The van der Waals surface area contributed by atoms with Crippen molar-refractivity contribution in [2.45, 2.75) is 12.5 Å². The summed E-state index contributed by atoms with van der Waals surface area (Å²) in [5.74, 6) is 0.134. The summed E-state index contributed by atoms with van der Waals surface area (Å²) >= 11 is 3.06. The second-order valence-electron chi connectivity index (χ2n) is 1.71. The molecule has 1 atom stereocenters. The van der Waals surface area contributed by atoms with Gasteiger partial charge in [-0.3, -0.25) is 8.72 Å². The van der Waals surface area contributed by atoms with Gasteiger partial charge >= 0.3 is 0 Å². The summed E-state index contributed by atoms with van der Waals surface area (Å²) in [5, 5.41) is 0. The molecule has 8 heavy (non-hydrogen) atoms. The lowest BCUT2D eigenvalue weighted by molar-refractivity contribution is -0.134. The minimum Gasteiger partial charge on any atom is -0.274 e. The van der Waals surface area contributed by atoms with Crippen molar-refractivity contribution in [1.29, 1.82) is 0 Å². The van der Waals surface area contributed by atoms with Crippen LogP contribution in [0, 0.1) is 0 Å². The van der Waals surface area contributed by atoms with Crippen molar-refractivity contribution in [3.8, 4) is 0 Å². The lowest BCUT2D eigenvalue weighted by Gasteiger charge is -2.31. The Morgan fingerprint density at radius 2 is 2.62 bits per heavy atom. The molecule has 1 amide bonds. The Kier molecular flexibility index (Phi) is 1.38. The first-order valence-corrected chi connectivity index (χ1v) is 3.07. The van der Waals surface area contributed by atoms with E-state index in [9.17, 15) is 4.79 Å². The number of nitrogens with zero attached hydrogens (tertiary/aromatic N) is 1. The van der Waals surface area contributed by atoms with Gasteiger partial charge in [0.15, 0.2) is 0 Å². The van der Waals surface area contributed by atoms with E-state index in [1.165, 1.54) is 3.93 Å². The number of amides is 1. The molecule has 0 aliphatic carbocycles. The highest BCUT2D eigenvalue weighted by molar-refractivity contribution is 9.07. The number of hydrogen-bond acceptors (Lipinski definition) is 1. The highest BCUT2D eigenvalue weighted by Crippen LogP contribution is 2.23. The molecular weight excluding hydrogens is 170 g/mol. The Balaban J connectivity index is 2.47. The lowest BCUT2D eigenvalue weighted by atomic mass is 10.1. The number of hydrogen-bond donors (Lipinski definition) is 0. The molecule has 1 aliphatic rings. The van der Waals surface area contributed by atoms with Crippen LogP contribution in [0.25, 0.3) is 0 Å². The van der Waals surface area contributed by atoms with Gasteiger partial charge in [-0.05, 0) is 0 Å². The van der Waals surface area contributed by atoms with Crippen LogP contribution in [0.2, 0.25) is 0 Å². The van der Waals surface area contributed by atoms with Crippen LogP contribution in [-0.2, 0) is 4.79 Å². The van der Waals surface area contributed by atoms with E-state index in [0.717, 1.165) is 0 Å². The standard InChI is InChI=1S/C5H6BrNO/c1-2-4-3-5(8)7(4)6/h2,4H,1,3H2. The Bertz CT molecular complexity index is 134.